The lowest BCUT2D eigenvalue weighted by molar-refractivity contribution is -0.191. The zero-order chi connectivity index (χ0) is 17.1. The molecule has 1 saturated heterocycles. The first-order valence-electron chi connectivity index (χ1n) is 7.90. The second kappa shape index (κ2) is 6.84. The highest BCUT2D eigenvalue weighted by molar-refractivity contribution is 5.90. The van der Waals surface area contributed by atoms with Gasteiger partial charge in [-0.1, -0.05) is 42.0 Å². The van der Waals surface area contributed by atoms with Gasteiger partial charge in [0.2, 0.25) is 0 Å². The minimum absolute atomic E-state index is 0.184. The van der Waals surface area contributed by atoms with Gasteiger partial charge in [-0.2, -0.15) is 0 Å². The fourth-order valence-electron chi connectivity index (χ4n) is 2.60. The first-order chi connectivity index (χ1) is 11.5. The maximum Gasteiger partial charge on any atom is 0.363 e. The van der Waals surface area contributed by atoms with Gasteiger partial charge in [0.1, 0.15) is 0 Å². The van der Waals surface area contributed by atoms with Crippen molar-refractivity contribution in [2.75, 3.05) is 0 Å². The number of benzene rings is 2. The first kappa shape index (κ1) is 16.2. The van der Waals surface area contributed by atoms with Gasteiger partial charge in [-0.05, 0) is 36.6 Å². The molecule has 1 unspecified atom stereocenters. The van der Waals surface area contributed by atoms with E-state index in [4.69, 9.17) is 4.84 Å². The van der Waals surface area contributed by atoms with Gasteiger partial charge in [0.05, 0.1) is 5.56 Å². The minimum Gasteiger partial charge on any atom is -0.370 e. The molecule has 1 aliphatic rings. The molecule has 124 valence electrons. The number of hydrogen-bond donors (Lipinski definition) is 1. The number of carbonyl (C=O) groups is 2. The highest BCUT2D eigenvalue weighted by Crippen LogP contribution is 2.18. The Kier molecular flexibility index (Phi) is 4.62. The number of nitrogens with zero attached hydrogens (tertiary/aromatic N) is 1. The number of amides is 1. The summed E-state index contributed by atoms with van der Waals surface area (Å²) in [5.74, 6) is -1.03. The summed E-state index contributed by atoms with van der Waals surface area (Å²) < 4.78 is 0. The second-order valence-corrected chi connectivity index (χ2v) is 5.98. The number of hydrogen-bond acceptors (Lipinski definition) is 4. The molecule has 0 radical (unpaired) electrons. The highest BCUT2D eigenvalue weighted by Gasteiger charge is 2.33. The van der Waals surface area contributed by atoms with Crippen molar-refractivity contribution in [1.82, 2.24) is 5.06 Å². The van der Waals surface area contributed by atoms with Crippen LogP contribution >= 0.6 is 0 Å². The van der Waals surface area contributed by atoms with Crippen LogP contribution in [0.4, 0.5) is 0 Å². The third kappa shape index (κ3) is 3.63. The predicted octanol–water partition coefficient (Wildman–Crippen LogP) is 2.60. The Morgan fingerprint density at radius 2 is 1.71 bits per heavy atom. The molecule has 5 nitrogen and oxygen atoms in total. The number of hydroxylamine groups is 2. The molecule has 1 amide bonds. The van der Waals surface area contributed by atoms with E-state index in [9.17, 15) is 14.7 Å². The Morgan fingerprint density at radius 3 is 2.25 bits per heavy atom. The average Bonchev–Trinajstić information content (AvgIpc) is 2.89. The maximum absolute atomic E-state index is 12.1. The van der Waals surface area contributed by atoms with Crippen molar-refractivity contribution in [1.29, 1.82) is 0 Å². The lowest BCUT2D eigenvalue weighted by Gasteiger charge is -2.18. The number of carbonyl (C=O) groups excluding carboxylic acids is 2. The van der Waals surface area contributed by atoms with Gasteiger partial charge < -0.3 is 9.94 Å². The molecule has 2 aromatic rings. The van der Waals surface area contributed by atoms with Crippen LogP contribution in [0, 0.1) is 6.92 Å². The van der Waals surface area contributed by atoms with E-state index in [0.29, 0.717) is 5.56 Å². The molecular formula is C19H19NO4. The summed E-state index contributed by atoms with van der Waals surface area (Å²) in [6.07, 6.45) is 0.187. The summed E-state index contributed by atoms with van der Waals surface area (Å²) in [5, 5.41) is 10.4. The van der Waals surface area contributed by atoms with Crippen LogP contribution in [0.25, 0.3) is 0 Å². The molecule has 2 aromatic carbocycles. The lowest BCUT2D eigenvalue weighted by atomic mass is 10.0. The van der Waals surface area contributed by atoms with Crippen molar-refractivity contribution in [3.05, 3.63) is 70.8 Å². The summed E-state index contributed by atoms with van der Waals surface area (Å²) in [4.78, 5) is 28.6. The van der Waals surface area contributed by atoms with Crippen molar-refractivity contribution < 1.29 is 19.5 Å². The Balaban J connectivity index is 1.64. The fraction of sp³-hybridized carbons (Fsp3) is 0.263. The Labute approximate surface area is 140 Å². The molecule has 1 fully saturated rings. The molecule has 5 heteroatoms. The molecule has 1 heterocycles. The molecule has 0 bridgehead atoms. The zero-order valence-corrected chi connectivity index (χ0v) is 13.4. The first-order valence-corrected chi connectivity index (χ1v) is 7.90. The van der Waals surface area contributed by atoms with E-state index in [2.05, 4.69) is 24.3 Å². The van der Waals surface area contributed by atoms with Crippen LogP contribution in [0.5, 0.6) is 0 Å². The van der Waals surface area contributed by atoms with Crippen LogP contribution in [0.1, 0.15) is 39.9 Å². The summed E-state index contributed by atoms with van der Waals surface area (Å²) in [6, 6.07) is 15.4. The fourth-order valence-corrected chi connectivity index (χ4v) is 2.60. The van der Waals surface area contributed by atoms with E-state index in [-0.39, 0.29) is 18.7 Å². The van der Waals surface area contributed by atoms with E-state index in [1.807, 2.05) is 19.1 Å². The van der Waals surface area contributed by atoms with Gasteiger partial charge in [0.25, 0.3) is 5.91 Å². The molecule has 1 aliphatic heterocycles. The Bertz CT molecular complexity index is 737. The van der Waals surface area contributed by atoms with Crippen molar-refractivity contribution in [2.45, 2.75) is 32.4 Å². The summed E-state index contributed by atoms with van der Waals surface area (Å²) in [5.41, 5.74) is 3.83. The van der Waals surface area contributed by atoms with E-state index < -0.39 is 12.2 Å². The van der Waals surface area contributed by atoms with E-state index in [1.54, 1.807) is 12.1 Å². The van der Waals surface area contributed by atoms with Crippen LogP contribution in [0.15, 0.2) is 48.5 Å². The number of aliphatic hydroxyl groups excluding tert-OH is 1. The van der Waals surface area contributed by atoms with Crippen molar-refractivity contribution in [2.24, 2.45) is 0 Å². The second-order valence-electron chi connectivity index (χ2n) is 5.98. The largest absolute Gasteiger partial charge is 0.370 e. The molecule has 3 rings (SSSR count). The SMILES string of the molecule is Cc1ccc(Cc2ccc(C(=O)ON3C(=O)CCC3O)cc2)cc1. The van der Waals surface area contributed by atoms with Crippen LogP contribution in [0.2, 0.25) is 0 Å². The van der Waals surface area contributed by atoms with E-state index >= 15 is 0 Å². The molecule has 24 heavy (non-hydrogen) atoms. The van der Waals surface area contributed by atoms with Gasteiger partial charge >= 0.3 is 5.97 Å². The quantitative estimate of drug-likeness (QED) is 0.938. The summed E-state index contributed by atoms with van der Waals surface area (Å²) in [6.45, 7) is 2.05. The van der Waals surface area contributed by atoms with Gasteiger partial charge in [0.15, 0.2) is 6.23 Å². The molecule has 0 aliphatic carbocycles. The monoisotopic (exact) mass is 325 g/mol. The van der Waals surface area contributed by atoms with Crippen molar-refractivity contribution in [3.63, 3.8) is 0 Å². The van der Waals surface area contributed by atoms with Gasteiger partial charge in [-0.25, -0.2) is 4.79 Å². The summed E-state index contributed by atoms with van der Waals surface area (Å²) >= 11 is 0. The normalized spacial score (nSPS) is 17.2. The Hall–Kier alpha value is -2.66. The lowest BCUT2D eigenvalue weighted by Crippen LogP contribution is -2.35. The van der Waals surface area contributed by atoms with Gasteiger partial charge in [-0.15, -0.1) is 5.06 Å². The minimum atomic E-state index is -1.05. The third-order valence-electron chi connectivity index (χ3n) is 4.03. The maximum atomic E-state index is 12.1. The molecule has 0 saturated carbocycles. The van der Waals surface area contributed by atoms with Crippen LogP contribution in [-0.2, 0) is 16.1 Å². The third-order valence-corrected chi connectivity index (χ3v) is 4.03. The van der Waals surface area contributed by atoms with Gasteiger partial charge in [-0.3, -0.25) is 4.79 Å². The standard InChI is InChI=1S/C19H19NO4/c1-13-2-4-14(5-3-13)12-15-6-8-16(9-7-15)19(23)24-20-17(21)10-11-18(20)22/h2-9,17,21H,10-12H2,1H3. The molecule has 0 aromatic heterocycles. The number of aliphatic hydroxyl groups is 1. The molecule has 1 atom stereocenters. The van der Waals surface area contributed by atoms with E-state index in [1.165, 1.54) is 11.1 Å². The molecular weight excluding hydrogens is 306 g/mol. The number of rotatable bonds is 4. The molecule has 1 N–H and O–H groups in total. The van der Waals surface area contributed by atoms with Crippen molar-refractivity contribution >= 4 is 11.9 Å². The van der Waals surface area contributed by atoms with Crippen LogP contribution in [-0.4, -0.2) is 28.3 Å². The van der Waals surface area contributed by atoms with E-state index in [0.717, 1.165) is 17.0 Å². The van der Waals surface area contributed by atoms with Crippen molar-refractivity contribution in [3.8, 4) is 0 Å². The summed E-state index contributed by atoms with van der Waals surface area (Å²) in [7, 11) is 0. The number of aryl methyl sites for hydroxylation is 1. The Morgan fingerprint density at radius 1 is 1.12 bits per heavy atom. The smallest absolute Gasteiger partial charge is 0.363 e. The molecule has 0 spiro atoms. The topological polar surface area (TPSA) is 66.8 Å². The van der Waals surface area contributed by atoms with Crippen LogP contribution in [0.3, 0.4) is 0 Å². The highest BCUT2D eigenvalue weighted by atomic mass is 16.7. The average molecular weight is 325 g/mol. The van der Waals surface area contributed by atoms with Crippen LogP contribution < -0.4 is 0 Å². The predicted molar refractivity (Wildman–Crippen MR) is 87.9 cm³/mol. The zero-order valence-electron chi connectivity index (χ0n) is 13.4. The van der Waals surface area contributed by atoms with Gasteiger partial charge in [0, 0.05) is 12.8 Å².